The van der Waals surface area contributed by atoms with E-state index in [9.17, 15) is 4.79 Å². The number of anilines is 1. The van der Waals surface area contributed by atoms with Gasteiger partial charge in [0.15, 0.2) is 0 Å². The summed E-state index contributed by atoms with van der Waals surface area (Å²) in [6, 6.07) is 7.92. The number of hydrogen-bond acceptors (Lipinski definition) is 1. The fourth-order valence-electron chi connectivity index (χ4n) is 1.32. The molecule has 2 nitrogen and oxygen atoms in total. The number of aryl methyl sites for hydroxylation is 1. The van der Waals surface area contributed by atoms with Crippen molar-refractivity contribution in [3.63, 3.8) is 0 Å². The van der Waals surface area contributed by atoms with Gasteiger partial charge in [0.2, 0.25) is 5.91 Å². The average Bonchev–Trinajstić information content (AvgIpc) is 2.04. The molecule has 0 fully saturated rings. The number of hydrogen-bond donors (Lipinski definition) is 1. The molecule has 1 aliphatic rings. The Kier molecular flexibility index (Phi) is 2.71. The number of para-hydroxylation sites is 1. The van der Waals surface area contributed by atoms with Gasteiger partial charge in [0.1, 0.15) is 0 Å². The predicted molar refractivity (Wildman–Crippen MR) is 50.6 cm³/mol. The Hall–Kier alpha value is -1.02. The van der Waals surface area contributed by atoms with E-state index in [1.807, 2.05) is 18.2 Å². The van der Waals surface area contributed by atoms with E-state index >= 15 is 0 Å². The molecule has 0 aliphatic carbocycles. The molecule has 1 aliphatic heterocycles. The van der Waals surface area contributed by atoms with Gasteiger partial charge in [-0.3, -0.25) is 4.79 Å². The van der Waals surface area contributed by atoms with Crippen LogP contribution in [0.5, 0.6) is 0 Å². The SMILES string of the molecule is Cl.O=C1CCc2ccccc2N1. The van der Waals surface area contributed by atoms with Gasteiger partial charge in [-0.1, -0.05) is 18.2 Å². The van der Waals surface area contributed by atoms with Crippen molar-refractivity contribution >= 4 is 24.0 Å². The minimum Gasteiger partial charge on any atom is -0.326 e. The van der Waals surface area contributed by atoms with Crippen molar-refractivity contribution in [2.24, 2.45) is 0 Å². The number of fused-ring (bicyclic) bond motifs is 1. The quantitative estimate of drug-likeness (QED) is 0.655. The Bertz CT molecular complexity index is 298. The Morgan fingerprint density at radius 2 is 1.92 bits per heavy atom. The fraction of sp³-hybridized carbons (Fsp3) is 0.222. The molecule has 3 heteroatoms. The van der Waals surface area contributed by atoms with E-state index in [-0.39, 0.29) is 18.3 Å². The number of halogens is 1. The maximum absolute atomic E-state index is 10.9. The van der Waals surface area contributed by atoms with E-state index in [1.165, 1.54) is 5.56 Å². The van der Waals surface area contributed by atoms with Gasteiger partial charge < -0.3 is 5.32 Å². The minimum atomic E-state index is 0. The van der Waals surface area contributed by atoms with Crippen LogP contribution in [0.2, 0.25) is 0 Å². The summed E-state index contributed by atoms with van der Waals surface area (Å²) in [4.78, 5) is 10.9. The summed E-state index contributed by atoms with van der Waals surface area (Å²) in [7, 11) is 0. The number of amides is 1. The van der Waals surface area contributed by atoms with Crippen molar-refractivity contribution in [3.05, 3.63) is 29.8 Å². The molecule has 2 rings (SSSR count). The Balaban J connectivity index is 0.000000720. The lowest BCUT2D eigenvalue weighted by Gasteiger charge is -2.15. The van der Waals surface area contributed by atoms with E-state index < -0.39 is 0 Å². The lowest BCUT2D eigenvalue weighted by molar-refractivity contribution is -0.116. The van der Waals surface area contributed by atoms with Crippen molar-refractivity contribution in [3.8, 4) is 0 Å². The average molecular weight is 184 g/mol. The molecule has 0 aromatic heterocycles. The zero-order valence-electron chi connectivity index (χ0n) is 6.54. The molecule has 0 unspecified atom stereocenters. The number of rotatable bonds is 0. The molecule has 0 saturated carbocycles. The molecule has 0 bridgehead atoms. The smallest absolute Gasteiger partial charge is 0.224 e. The van der Waals surface area contributed by atoms with Crippen LogP contribution in [-0.2, 0) is 11.2 Å². The Morgan fingerprint density at radius 3 is 2.75 bits per heavy atom. The number of carbonyl (C=O) groups is 1. The Morgan fingerprint density at radius 1 is 1.17 bits per heavy atom. The van der Waals surface area contributed by atoms with Crippen molar-refractivity contribution in [1.82, 2.24) is 0 Å². The molecule has 1 N–H and O–H groups in total. The van der Waals surface area contributed by atoms with Gasteiger partial charge in [-0.05, 0) is 18.1 Å². The maximum Gasteiger partial charge on any atom is 0.224 e. The van der Waals surface area contributed by atoms with E-state index in [0.717, 1.165) is 12.1 Å². The van der Waals surface area contributed by atoms with Crippen molar-refractivity contribution in [1.29, 1.82) is 0 Å². The van der Waals surface area contributed by atoms with Crippen LogP contribution in [-0.4, -0.2) is 5.91 Å². The van der Waals surface area contributed by atoms with Gasteiger partial charge in [0.25, 0.3) is 0 Å². The van der Waals surface area contributed by atoms with Gasteiger partial charge in [-0.2, -0.15) is 0 Å². The first-order valence-corrected chi connectivity index (χ1v) is 3.74. The van der Waals surface area contributed by atoms with Gasteiger partial charge >= 0.3 is 0 Å². The summed E-state index contributed by atoms with van der Waals surface area (Å²) >= 11 is 0. The highest BCUT2D eigenvalue weighted by molar-refractivity contribution is 5.93. The van der Waals surface area contributed by atoms with Crippen LogP contribution in [0.15, 0.2) is 24.3 Å². The van der Waals surface area contributed by atoms with Crippen LogP contribution in [0.25, 0.3) is 0 Å². The van der Waals surface area contributed by atoms with Crippen molar-refractivity contribution in [2.45, 2.75) is 12.8 Å². The molecule has 1 aromatic rings. The van der Waals surface area contributed by atoms with Crippen LogP contribution >= 0.6 is 12.4 Å². The summed E-state index contributed by atoms with van der Waals surface area (Å²) in [6.45, 7) is 0. The first-order chi connectivity index (χ1) is 5.36. The standard InChI is InChI=1S/C9H9NO.ClH/c11-9-6-5-7-3-1-2-4-8(7)10-9;/h1-4H,5-6H2,(H,10,11);1H. The molecule has 0 radical (unpaired) electrons. The second kappa shape index (κ2) is 3.59. The minimum absolute atomic E-state index is 0. The number of benzene rings is 1. The second-order valence-electron chi connectivity index (χ2n) is 2.71. The lowest BCUT2D eigenvalue weighted by Crippen LogP contribution is -2.18. The normalized spacial score (nSPS) is 14.2. The third-order valence-electron chi connectivity index (χ3n) is 1.91. The monoisotopic (exact) mass is 183 g/mol. The summed E-state index contributed by atoms with van der Waals surface area (Å²) in [6.07, 6.45) is 1.50. The molecule has 1 aromatic carbocycles. The summed E-state index contributed by atoms with van der Waals surface area (Å²) < 4.78 is 0. The molecule has 12 heavy (non-hydrogen) atoms. The molecular formula is C9H10ClNO. The van der Waals surface area contributed by atoms with Gasteiger partial charge in [0.05, 0.1) is 0 Å². The first-order valence-electron chi connectivity index (χ1n) is 3.74. The predicted octanol–water partition coefficient (Wildman–Crippen LogP) is 1.99. The third kappa shape index (κ3) is 1.59. The van der Waals surface area contributed by atoms with Crippen LogP contribution in [0.1, 0.15) is 12.0 Å². The molecule has 0 spiro atoms. The molecule has 64 valence electrons. The summed E-state index contributed by atoms with van der Waals surface area (Å²) in [5.74, 6) is 0.128. The molecular weight excluding hydrogens is 174 g/mol. The van der Waals surface area contributed by atoms with Crippen LogP contribution in [0, 0.1) is 0 Å². The van der Waals surface area contributed by atoms with Gasteiger partial charge in [-0.15, -0.1) is 12.4 Å². The van der Waals surface area contributed by atoms with E-state index in [2.05, 4.69) is 11.4 Å². The number of nitrogens with one attached hydrogen (secondary N) is 1. The van der Waals surface area contributed by atoms with Gasteiger partial charge in [-0.25, -0.2) is 0 Å². The summed E-state index contributed by atoms with van der Waals surface area (Å²) in [5.41, 5.74) is 2.22. The first kappa shape index (κ1) is 9.07. The van der Waals surface area contributed by atoms with Gasteiger partial charge in [0, 0.05) is 12.1 Å². The highest BCUT2D eigenvalue weighted by atomic mass is 35.5. The third-order valence-corrected chi connectivity index (χ3v) is 1.91. The van der Waals surface area contributed by atoms with Crippen LogP contribution in [0.3, 0.4) is 0 Å². The topological polar surface area (TPSA) is 29.1 Å². The maximum atomic E-state index is 10.9. The second-order valence-corrected chi connectivity index (χ2v) is 2.71. The van der Waals surface area contributed by atoms with E-state index in [4.69, 9.17) is 0 Å². The van der Waals surface area contributed by atoms with E-state index in [0.29, 0.717) is 6.42 Å². The molecule has 1 heterocycles. The van der Waals surface area contributed by atoms with Crippen molar-refractivity contribution in [2.75, 3.05) is 5.32 Å². The van der Waals surface area contributed by atoms with Crippen LogP contribution in [0.4, 0.5) is 5.69 Å². The molecule has 1 amide bonds. The molecule has 0 saturated heterocycles. The fourth-order valence-corrected chi connectivity index (χ4v) is 1.32. The zero-order valence-corrected chi connectivity index (χ0v) is 7.36. The van der Waals surface area contributed by atoms with E-state index in [1.54, 1.807) is 0 Å². The number of carbonyl (C=O) groups excluding carboxylic acids is 1. The van der Waals surface area contributed by atoms with Crippen molar-refractivity contribution < 1.29 is 4.79 Å². The van der Waals surface area contributed by atoms with Crippen LogP contribution < -0.4 is 5.32 Å². The lowest BCUT2D eigenvalue weighted by atomic mass is 10.0. The summed E-state index contributed by atoms with van der Waals surface area (Å²) in [5, 5.41) is 2.82. The zero-order chi connectivity index (χ0) is 7.68. The highest BCUT2D eigenvalue weighted by Crippen LogP contribution is 2.20. The molecule has 0 atom stereocenters. The largest absolute Gasteiger partial charge is 0.326 e. The highest BCUT2D eigenvalue weighted by Gasteiger charge is 2.12. The Labute approximate surface area is 77.4 Å².